The molecule has 2 unspecified atom stereocenters. The van der Waals surface area contributed by atoms with E-state index in [0.29, 0.717) is 12.3 Å². The lowest BCUT2D eigenvalue weighted by Crippen LogP contribution is -2.26. The number of benzene rings is 1. The minimum atomic E-state index is -1.67. The summed E-state index contributed by atoms with van der Waals surface area (Å²) in [5.41, 5.74) is 1.86. The van der Waals surface area contributed by atoms with E-state index < -0.39 is 11.3 Å². The molecule has 0 saturated heterocycles. The number of unbranched alkanes of at least 4 members (excludes halogenated alkanes) is 9. The lowest BCUT2D eigenvalue weighted by molar-refractivity contribution is 0.304. The number of nitrogens with zero attached hydrogens (tertiary/aromatic N) is 3. The number of aromatic amines is 1. The van der Waals surface area contributed by atoms with Gasteiger partial charge in [0.15, 0.2) is 11.5 Å². The van der Waals surface area contributed by atoms with Crippen molar-refractivity contribution in [2.24, 2.45) is 0 Å². The van der Waals surface area contributed by atoms with Crippen LogP contribution in [0, 0.1) is 0 Å². The third-order valence-electron chi connectivity index (χ3n) is 6.74. The summed E-state index contributed by atoms with van der Waals surface area (Å²) in [4.78, 5) is 0. The van der Waals surface area contributed by atoms with Gasteiger partial charge in [0.25, 0.3) is 11.3 Å². The molecule has 0 spiro atoms. The highest BCUT2D eigenvalue weighted by molar-refractivity contribution is 7.78. The van der Waals surface area contributed by atoms with E-state index in [4.69, 9.17) is 8.92 Å². The number of ether oxygens (including phenoxy) is 1. The van der Waals surface area contributed by atoms with E-state index in [1.165, 1.54) is 57.8 Å². The normalized spacial score (nSPS) is 13.6. The van der Waals surface area contributed by atoms with Crippen LogP contribution in [0.3, 0.4) is 0 Å². The van der Waals surface area contributed by atoms with Crippen LogP contribution >= 0.6 is 0 Å². The molecule has 2 aromatic heterocycles. The van der Waals surface area contributed by atoms with Crippen molar-refractivity contribution in [3.63, 3.8) is 0 Å². The van der Waals surface area contributed by atoms with Crippen LogP contribution in [0.5, 0.6) is 11.5 Å². The predicted octanol–water partition coefficient (Wildman–Crippen LogP) is 7.01. The minimum Gasteiger partial charge on any atom is -0.494 e. The van der Waals surface area contributed by atoms with E-state index in [9.17, 15) is 4.21 Å². The van der Waals surface area contributed by atoms with Gasteiger partial charge in [0.05, 0.1) is 6.61 Å². The molecule has 8 nitrogen and oxygen atoms in total. The van der Waals surface area contributed by atoms with Crippen LogP contribution in [0.15, 0.2) is 30.3 Å². The Hall–Kier alpha value is -2.39. The van der Waals surface area contributed by atoms with Gasteiger partial charge in [0, 0.05) is 29.6 Å². The topological polar surface area (TPSA) is 93.5 Å². The Labute approximate surface area is 231 Å². The molecule has 0 amide bonds. The maximum atomic E-state index is 12.5. The van der Waals surface area contributed by atoms with E-state index in [0.717, 1.165) is 35.9 Å². The maximum Gasteiger partial charge on any atom is 0.288 e. The predicted molar refractivity (Wildman–Crippen MR) is 155 cm³/mol. The summed E-state index contributed by atoms with van der Waals surface area (Å²) >= 11 is -1.67. The van der Waals surface area contributed by atoms with Crippen molar-refractivity contribution in [2.75, 3.05) is 13.2 Å². The molecule has 2 atom stereocenters. The third kappa shape index (κ3) is 9.73. The molecular formula is C29H47N5O3S. The number of nitrogens with one attached hydrogen (secondary N) is 2. The van der Waals surface area contributed by atoms with Gasteiger partial charge in [-0.25, -0.2) is 9.24 Å². The van der Waals surface area contributed by atoms with E-state index in [-0.39, 0.29) is 11.3 Å². The fourth-order valence-electron chi connectivity index (χ4n) is 4.27. The standard InChI is InChI=1S/C29H47N5O3S/c1-6-7-8-9-10-11-12-13-14-15-20-36-24-16-18-25(19-17-24)37-38(35)30-22-23(2)28-32-31-27-21-26(29(3,4)5)33-34(27)28/h16-19,21,23,30,33H,6-15,20,22H2,1-5H3. The average Bonchev–Trinajstić information content (AvgIpc) is 3.48. The fourth-order valence-corrected chi connectivity index (χ4v) is 5.01. The summed E-state index contributed by atoms with van der Waals surface area (Å²) in [6.45, 7) is 11.9. The number of hydrogen-bond acceptors (Lipinski definition) is 5. The molecule has 38 heavy (non-hydrogen) atoms. The number of fused-ring (bicyclic) bond motifs is 1. The van der Waals surface area contributed by atoms with Gasteiger partial charge in [0.1, 0.15) is 11.5 Å². The summed E-state index contributed by atoms with van der Waals surface area (Å²) in [7, 11) is 0. The molecule has 0 aliphatic carbocycles. The van der Waals surface area contributed by atoms with Gasteiger partial charge in [-0.1, -0.05) is 92.4 Å². The lowest BCUT2D eigenvalue weighted by atomic mass is 9.93. The van der Waals surface area contributed by atoms with E-state index in [1.807, 2.05) is 29.6 Å². The maximum absolute atomic E-state index is 12.5. The second-order valence-electron chi connectivity index (χ2n) is 11.2. The van der Waals surface area contributed by atoms with Crippen molar-refractivity contribution in [3.8, 4) is 11.5 Å². The van der Waals surface area contributed by atoms with Crippen LogP contribution in [-0.2, 0) is 16.7 Å². The number of hydrogen-bond donors (Lipinski definition) is 2. The number of aromatic nitrogens is 4. The summed E-state index contributed by atoms with van der Waals surface area (Å²) in [6.07, 6.45) is 13.1. The molecule has 0 radical (unpaired) electrons. The summed E-state index contributed by atoms with van der Waals surface area (Å²) < 4.78 is 28.7. The first kappa shape index (κ1) is 30.2. The fraction of sp³-hybridized carbons (Fsp3) is 0.655. The van der Waals surface area contributed by atoms with Crippen molar-refractivity contribution in [1.82, 2.24) is 24.5 Å². The van der Waals surface area contributed by atoms with Crippen LogP contribution in [-0.4, -0.2) is 37.2 Å². The lowest BCUT2D eigenvalue weighted by Gasteiger charge is -2.15. The first-order chi connectivity index (χ1) is 18.3. The Kier molecular flexibility index (Phi) is 12.1. The SMILES string of the molecule is CCCCCCCCCCCCOc1ccc(OS(=O)NCC(C)c2nnc3cc(C(C)(C)C)[nH]n23)cc1. The zero-order valence-corrected chi connectivity index (χ0v) is 24.7. The molecule has 2 N–H and O–H groups in total. The summed E-state index contributed by atoms with van der Waals surface area (Å²) in [5, 5.41) is 11.9. The van der Waals surface area contributed by atoms with Gasteiger partial charge >= 0.3 is 0 Å². The van der Waals surface area contributed by atoms with E-state index in [2.05, 4.69) is 47.7 Å². The van der Waals surface area contributed by atoms with Gasteiger partial charge in [0.2, 0.25) is 0 Å². The largest absolute Gasteiger partial charge is 0.494 e. The number of rotatable bonds is 18. The Morgan fingerprint density at radius 3 is 2.18 bits per heavy atom. The average molecular weight is 546 g/mol. The van der Waals surface area contributed by atoms with Gasteiger partial charge < -0.3 is 8.92 Å². The molecule has 3 rings (SSSR count). The Bertz CT molecular complexity index is 1100. The first-order valence-corrected chi connectivity index (χ1v) is 15.4. The highest BCUT2D eigenvalue weighted by Crippen LogP contribution is 2.24. The van der Waals surface area contributed by atoms with Crippen LogP contribution < -0.4 is 13.6 Å². The van der Waals surface area contributed by atoms with Crippen LogP contribution in [0.25, 0.3) is 5.65 Å². The highest BCUT2D eigenvalue weighted by atomic mass is 32.2. The minimum absolute atomic E-state index is 0.0116. The summed E-state index contributed by atoms with van der Waals surface area (Å²) in [5.74, 6) is 2.09. The van der Waals surface area contributed by atoms with Crippen molar-refractivity contribution in [3.05, 3.63) is 41.9 Å². The number of H-pyrrole nitrogens is 1. The van der Waals surface area contributed by atoms with E-state index >= 15 is 0 Å². The Morgan fingerprint density at radius 2 is 1.55 bits per heavy atom. The van der Waals surface area contributed by atoms with Crippen molar-refractivity contribution >= 4 is 16.9 Å². The zero-order chi connectivity index (χ0) is 27.4. The van der Waals surface area contributed by atoms with Crippen LogP contribution in [0.1, 0.15) is 116 Å². The monoisotopic (exact) mass is 545 g/mol. The van der Waals surface area contributed by atoms with E-state index in [1.54, 1.807) is 12.1 Å². The molecule has 212 valence electrons. The first-order valence-electron chi connectivity index (χ1n) is 14.3. The Morgan fingerprint density at radius 1 is 0.947 bits per heavy atom. The van der Waals surface area contributed by atoms with Crippen LogP contribution in [0.2, 0.25) is 0 Å². The van der Waals surface area contributed by atoms with Gasteiger partial charge in [-0.2, -0.15) is 4.21 Å². The molecule has 3 aromatic rings. The van der Waals surface area contributed by atoms with Crippen molar-refractivity contribution < 1.29 is 13.1 Å². The second kappa shape index (κ2) is 15.3. The smallest absolute Gasteiger partial charge is 0.288 e. The molecular weight excluding hydrogens is 498 g/mol. The molecule has 1 aromatic carbocycles. The van der Waals surface area contributed by atoms with Gasteiger partial charge in [-0.05, 0) is 30.7 Å². The summed E-state index contributed by atoms with van der Waals surface area (Å²) in [6, 6.07) is 9.30. The van der Waals surface area contributed by atoms with Crippen molar-refractivity contribution in [1.29, 1.82) is 0 Å². The molecule has 2 heterocycles. The second-order valence-corrected chi connectivity index (χ2v) is 12.2. The van der Waals surface area contributed by atoms with Gasteiger partial charge in [-0.3, -0.25) is 5.10 Å². The van der Waals surface area contributed by atoms with Gasteiger partial charge in [-0.15, -0.1) is 10.2 Å². The quantitative estimate of drug-likeness (QED) is 0.168. The molecule has 9 heteroatoms. The Balaban J connectivity index is 1.31. The molecule has 0 bridgehead atoms. The molecule has 0 aliphatic heterocycles. The third-order valence-corrected chi connectivity index (χ3v) is 7.48. The zero-order valence-electron chi connectivity index (χ0n) is 23.9. The molecule has 0 fully saturated rings. The van der Waals surface area contributed by atoms with Crippen LogP contribution in [0.4, 0.5) is 0 Å². The molecule has 0 aliphatic rings. The molecule has 0 saturated carbocycles. The highest BCUT2D eigenvalue weighted by Gasteiger charge is 2.21. The van der Waals surface area contributed by atoms with Crippen molar-refractivity contribution in [2.45, 2.75) is 110 Å².